The molecule has 0 saturated carbocycles. The molecule has 2 nitrogen and oxygen atoms in total. The van der Waals surface area contributed by atoms with E-state index in [2.05, 4.69) is 11.4 Å². The van der Waals surface area contributed by atoms with E-state index >= 15 is 0 Å². The Kier molecular flexibility index (Phi) is 2.57. The second-order valence-electron chi connectivity index (χ2n) is 4.44. The smallest absolute Gasteiger partial charge is 0.0816 e. The van der Waals surface area contributed by atoms with Crippen molar-refractivity contribution >= 4 is 5.69 Å². The lowest BCUT2D eigenvalue weighted by atomic mass is 10.1. The number of fused-ring (bicyclic) bond motifs is 1. The summed E-state index contributed by atoms with van der Waals surface area (Å²) in [6.45, 7) is 0. The Bertz CT molecular complexity index is 509. The molecule has 1 aliphatic carbocycles. The molecular weight excluding hydrogens is 210 g/mol. The molecule has 3 rings (SSSR count). The first kappa shape index (κ1) is 10.4. The second-order valence-corrected chi connectivity index (χ2v) is 4.44. The molecule has 0 bridgehead atoms. The molecule has 0 aliphatic heterocycles. The summed E-state index contributed by atoms with van der Waals surface area (Å²) in [6, 6.07) is 18.4. The Hall–Kier alpha value is -1.80. The van der Waals surface area contributed by atoms with Gasteiger partial charge in [0.15, 0.2) is 0 Å². The Morgan fingerprint density at radius 3 is 2.29 bits per heavy atom. The van der Waals surface area contributed by atoms with Crippen molar-refractivity contribution in [3.63, 3.8) is 0 Å². The molecule has 17 heavy (non-hydrogen) atoms. The molecule has 0 saturated heterocycles. The van der Waals surface area contributed by atoms with E-state index in [0.29, 0.717) is 0 Å². The molecule has 2 N–H and O–H groups in total. The van der Waals surface area contributed by atoms with Crippen LogP contribution in [0, 0.1) is 0 Å². The van der Waals surface area contributed by atoms with Crippen LogP contribution in [0.15, 0.2) is 54.6 Å². The fraction of sp³-hybridized carbons (Fsp3) is 0.200. The van der Waals surface area contributed by atoms with Gasteiger partial charge in [0.25, 0.3) is 0 Å². The first-order chi connectivity index (χ1) is 8.34. The highest BCUT2D eigenvalue weighted by molar-refractivity contribution is 5.48. The molecule has 2 atom stereocenters. The molecule has 2 aromatic carbocycles. The van der Waals surface area contributed by atoms with Gasteiger partial charge in [0.2, 0.25) is 0 Å². The molecule has 1 aliphatic rings. The number of nitrogens with one attached hydrogen (secondary N) is 1. The second kappa shape index (κ2) is 4.22. The van der Waals surface area contributed by atoms with E-state index in [-0.39, 0.29) is 12.1 Å². The van der Waals surface area contributed by atoms with E-state index in [1.54, 1.807) is 0 Å². The summed E-state index contributed by atoms with van der Waals surface area (Å²) in [5.74, 6) is 0. The quantitative estimate of drug-likeness (QED) is 0.822. The first-order valence-corrected chi connectivity index (χ1v) is 5.93. The normalized spacial score (nSPS) is 22.2. The van der Waals surface area contributed by atoms with Crippen molar-refractivity contribution in [1.29, 1.82) is 0 Å². The topological polar surface area (TPSA) is 32.3 Å². The maximum atomic E-state index is 9.99. The van der Waals surface area contributed by atoms with Crippen molar-refractivity contribution in [2.24, 2.45) is 0 Å². The highest BCUT2D eigenvalue weighted by Crippen LogP contribution is 2.40. The molecule has 2 aromatic rings. The van der Waals surface area contributed by atoms with Crippen LogP contribution in [-0.4, -0.2) is 5.11 Å². The fourth-order valence-electron chi connectivity index (χ4n) is 2.48. The standard InChI is InChI=1S/C15H15NO/c17-15-10-14(12-8-4-5-9-13(12)15)16-11-6-2-1-3-7-11/h1-9,14-17H,10H2. The fourth-order valence-corrected chi connectivity index (χ4v) is 2.48. The minimum Gasteiger partial charge on any atom is -0.388 e. The molecule has 0 heterocycles. The lowest BCUT2D eigenvalue weighted by Gasteiger charge is -2.15. The van der Waals surface area contributed by atoms with E-state index in [1.165, 1.54) is 5.56 Å². The highest BCUT2D eigenvalue weighted by Gasteiger charge is 2.28. The van der Waals surface area contributed by atoms with Crippen LogP contribution in [0.25, 0.3) is 0 Å². The lowest BCUT2D eigenvalue weighted by molar-refractivity contribution is 0.175. The van der Waals surface area contributed by atoms with Crippen LogP contribution < -0.4 is 5.32 Å². The number of rotatable bonds is 2. The maximum absolute atomic E-state index is 9.99. The summed E-state index contributed by atoms with van der Waals surface area (Å²) in [6.07, 6.45) is 0.404. The van der Waals surface area contributed by atoms with Crippen LogP contribution in [0.4, 0.5) is 5.69 Å². The molecule has 0 aromatic heterocycles. The van der Waals surface area contributed by atoms with E-state index in [0.717, 1.165) is 17.7 Å². The third-order valence-corrected chi connectivity index (χ3v) is 3.30. The Morgan fingerprint density at radius 1 is 0.882 bits per heavy atom. The number of aliphatic hydroxyl groups excluding tert-OH is 1. The van der Waals surface area contributed by atoms with Crippen molar-refractivity contribution in [3.05, 3.63) is 65.7 Å². The number of anilines is 1. The van der Waals surface area contributed by atoms with Gasteiger partial charge in [-0.2, -0.15) is 0 Å². The molecule has 0 spiro atoms. The van der Waals surface area contributed by atoms with Gasteiger partial charge in [0.05, 0.1) is 12.1 Å². The largest absolute Gasteiger partial charge is 0.388 e. The van der Waals surface area contributed by atoms with Gasteiger partial charge in [-0.15, -0.1) is 0 Å². The minimum atomic E-state index is -0.340. The van der Waals surface area contributed by atoms with Crippen molar-refractivity contribution in [2.75, 3.05) is 5.32 Å². The SMILES string of the molecule is OC1CC(Nc2ccccc2)c2ccccc21. The number of hydrogen-bond acceptors (Lipinski definition) is 2. The van der Waals surface area contributed by atoms with E-state index in [9.17, 15) is 5.11 Å². The van der Waals surface area contributed by atoms with Crippen LogP contribution >= 0.6 is 0 Å². The van der Waals surface area contributed by atoms with Gasteiger partial charge in [0.1, 0.15) is 0 Å². The summed E-state index contributed by atoms with van der Waals surface area (Å²) in [5, 5.41) is 13.5. The number of para-hydroxylation sites is 1. The molecule has 0 radical (unpaired) electrons. The number of hydrogen-bond donors (Lipinski definition) is 2. The number of aliphatic hydroxyl groups is 1. The van der Waals surface area contributed by atoms with E-state index < -0.39 is 0 Å². The predicted octanol–water partition coefficient (Wildman–Crippen LogP) is 3.28. The molecule has 86 valence electrons. The van der Waals surface area contributed by atoms with Crippen molar-refractivity contribution < 1.29 is 5.11 Å². The molecule has 0 amide bonds. The lowest BCUT2D eigenvalue weighted by Crippen LogP contribution is -2.07. The molecule has 2 heteroatoms. The summed E-state index contributed by atoms with van der Waals surface area (Å²) in [4.78, 5) is 0. The van der Waals surface area contributed by atoms with Gasteiger partial charge >= 0.3 is 0 Å². The predicted molar refractivity (Wildman–Crippen MR) is 68.8 cm³/mol. The highest BCUT2D eigenvalue weighted by atomic mass is 16.3. The average molecular weight is 225 g/mol. The summed E-state index contributed by atoms with van der Waals surface area (Å²) in [5.41, 5.74) is 3.37. The Balaban J connectivity index is 1.87. The third kappa shape index (κ3) is 1.92. The van der Waals surface area contributed by atoms with Crippen LogP contribution in [0.2, 0.25) is 0 Å². The van der Waals surface area contributed by atoms with Gasteiger partial charge in [-0.05, 0) is 23.3 Å². The van der Waals surface area contributed by atoms with E-state index in [1.807, 2.05) is 48.5 Å². The summed E-state index contributed by atoms with van der Waals surface area (Å²) >= 11 is 0. The van der Waals surface area contributed by atoms with Crippen molar-refractivity contribution in [2.45, 2.75) is 18.6 Å². The monoisotopic (exact) mass is 225 g/mol. The summed E-state index contributed by atoms with van der Waals surface area (Å²) in [7, 11) is 0. The maximum Gasteiger partial charge on any atom is 0.0816 e. The van der Waals surface area contributed by atoms with Crippen molar-refractivity contribution in [1.82, 2.24) is 0 Å². The van der Waals surface area contributed by atoms with E-state index in [4.69, 9.17) is 0 Å². The van der Waals surface area contributed by atoms with Gasteiger partial charge < -0.3 is 10.4 Å². The third-order valence-electron chi connectivity index (χ3n) is 3.30. The average Bonchev–Trinajstić information content (AvgIpc) is 2.69. The van der Waals surface area contributed by atoms with Crippen LogP contribution in [-0.2, 0) is 0 Å². The zero-order valence-corrected chi connectivity index (χ0v) is 9.51. The minimum absolute atomic E-state index is 0.212. The molecule has 0 fully saturated rings. The van der Waals surface area contributed by atoms with Gasteiger partial charge in [-0.1, -0.05) is 42.5 Å². The summed E-state index contributed by atoms with van der Waals surface area (Å²) < 4.78 is 0. The van der Waals surface area contributed by atoms with Crippen LogP contribution in [0.5, 0.6) is 0 Å². The van der Waals surface area contributed by atoms with Gasteiger partial charge in [-0.25, -0.2) is 0 Å². The van der Waals surface area contributed by atoms with Gasteiger partial charge in [0, 0.05) is 12.1 Å². The van der Waals surface area contributed by atoms with Crippen LogP contribution in [0.3, 0.4) is 0 Å². The molecular formula is C15H15NO. The Morgan fingerprint density at radius 2 is 1.53 bits per heavy atom. The van der Waals surface area contributed by atoms with Crippen molar-refractivity contribution in [3.8, 4) is 0 Å². The van der Waals surface area contributed by atoms with Gasteiger partial charge in [-0.3, -0.25) is 0 Å². The number of benzene rings is 2. The van der Waals surface area contributed by atoms with Crippen LogP contribution in [0.1, 0.15) is 29.7 Å². The zero-order chi connectivity index (χ0) is 11.7. The first-order valence-electron chi connectivity index (χ1n) is 5.93. The Labute approximate surface area is 101 Å². The molecule has 2 unspecified atom stereocenters. The zero-order valence-electron chi connectivity index (χ0n) is 9.51.